The number of carboxylic acids is 1. The molecule has 2 N–H and O–H groups in total. The number of ether oxygens (including phenoxy) is 2. The molecule has 0 spiro atoms. The highest BCUT2D eigenvalue weighted by atomic mass is 16.7. The van der Waals surface area contributed by atoms with E-state index in [-0.39, 0.29) is 42.7 Å². The molecule has 0 saturated carbocycles. The highest BCUT2D eigenvalue weighted by Gasteiger charge is 2.68. The van der Waals surface area contributed by atoms with Gasteiger partial charge in [0.05, 0.1) is 18.3 Å². The summed E-state index contributed by atoms with van der Waals surface area (Å²) in [5.41, 5.74) is 1.13. The van der Waals surface area contributed by atoms with Crippen molar-refractivity contribution in [1.29, 1.82) is 0 Å². The minimum absolute atomic E-state index is 0.0319. The van der Waals surface area contributed by atoms with Gasteiger partial charge in [-0.3, -0.25) is 4.79 Å². The maximum absolute atomic E-state index is 10.7. The van der Waals surface area contributed by atoms with Crippen LogP contribution in [0.25, 0.3) is 0 Å². The summed E-state index contributed by atoms with van der Waals surface area (Å²) in [5, 5.41) is 19.4. The summed E-state index contributed by atoms with van der Waals surface area (Å²) in [7, 11) is 0. The highest BCUT2D eigenvalue weighted by Crippen LogP contribution is 2.55. The molecule has 8 atom stereocenters. The third kappa shape index (κ3) is 4.47. The van der Waals surface area contributed by atoms with Crippen molar-refractivity contribution in [3.63, 3.8) is 0 Å². The molecule has 3 aliphatic rings. The van der Waals surface area contributed by atoms with Crippen LogP contribution in [-0.2, 0) is 14.3 Å². The first-order valence-electron chi connectivity index (χ1n) is 10.7. The van der Waals surface area contributed by atoms with E-state index in [4.69, 9.17) is 14.6 Å². The number of epoxide rings is 1. The first kappa shape index (κ1) is 20.3. The molecule has 0 aliphatic carbocycles. The van der Waals surface area contributed by atoms with Crippen LogP contribution in [-0.4, -0.2) is 46.7 Å². The van der Waals surface area contributed by atoms with Gasteiger partial charge >= 0.3 is 5.97 Å². The summed E-state index contributed by atoms with van der Waals surface area (Å²) in [4.78, 5) is 10.6. The molecule has 5 nitrogen and oxygen atoms in total. The number of allylic oxidation sites excluding steroid dienone is 2. The minimum atomic E-state index is -0.745. The molecule has 1 aromatic carbocycles. The summed E-state index contributed by atoms with van der Waals surface area (Å²) in [5.74, 6) is -0.130. The smallest absolute Gasteiger partial charge is 0.303 e. The average Bonchev–Trinajstić information content (AvgIpc) is 3.35. The zero-order chi connectivity index (χ0) is 20.4. The second kappa shape index (κ2) is 8.82. The van der Waals surface area contributed by atoms with Crippen LogP contribution in [0.3, 0.4) is 0 Å². The molecule has 3 fully saturated rings. The number of hydrogen-bond donors (Lipinski definition) is 2. The molecule has 3 aliphatic heterocycles. The van der Waals surface area contributed by atoms with E-state index in [1.807, 2.05) is 43.3 Å². The number of rotatable bonds is 10. The first-order chi connectivity index (χ1) is 14.1. The number of unbranched alkanes of at least 4 members (excludes halogenated alkanes) is 1. The normalized spacial score (nSPS) is 34.6. The van der Waals surface area contributed by atoms with Gasteiger partial charge < -0.3 is 19.7 Å². The number of carboxylic acid groups (broad SMARTS) is 1. The summed E-state index contributed by atoms with van der Waals surface area (Å²) < 4.78 is 12.0. The van der Waals surface area contributed by atoms with E-state index in [9.17, 15) is 9.90 Å². The summed E-state index contributed by atoms with van der Waals surface area (Å²) >= 11 is 0. The lowest BCUT2D eigenvalue weighted by Crippen LogP contribution is -2.31. The van der Waals surface area contributed by atoms with Gasteiger partial charge in [-0.05, 0) is 24.8 Å². The van der Waals surface area contributed by atoms with E-state index in [0.29, 0.717) is 12.3 Å². The van der Waals surface area contributed by atoms with Crippen LogP contribution in [0.5, 0.6) is 0 Å². The van der Waals surface area contributed by atoms with Gasteiger partial charge in [-0.1, -0.05) is 61.6 Å². The molecule has 156 valence electrons. The quantitative estimate of drug-likeness (QED) is 0.357. The first-order valence-corrected chi connectivity index (χ1v) is 10.7. The summed E-state index contributed by atoms with van der Waals surface area (Å²) in [6.45, 7) is 2.04. The van der Waals surface area contributed by atoms with E-state index in [1.54, 1.807) is 0 Å². The van der Waals surface area contributed by atoms with Gasteiger partial charge in [0, 0.05) is 24.2 Å². The maximum Gasteiger partial charge on any atom is 0.303 e. The molecular formula is C24H30O5. The lowest BCUT2D eigenvalue weighted by atomic mass is 9.77. The van der Waals surface area contributed by atoms with Gasteiger partial charge in [0.1, 0.15) is 12.2 Å². The van der Waals surface area contributed by atoms with Crippen LogP contribution in [0, 0.1) is 11.8 Å². The average molecular weight is 398 g/mol. The predicted octanol–water partition coefficient (Wildman–Crippen LogP) is 3.69. The second-order valence-electron chi connectivity index (χ2n) is 8.44. The monoisotopic (exact) mass is 398 g/mol. The fourth-order valence-corrected chi connectivity index (χ4v) is 4.77. The van der Waals surface area contributed by atoms with Crippen molar-refractivity contribution in [3.8, 4) is 0 Å². The Balaban J connectivity index is 1.35. The number of aliphatic hydroxyl groups is 1. The zero-order valence-corrected chi connectivity index (χ0v) is 16.8. The van der Waals surface area contributed by atoms with Crippen molar-refractivity contribution < 1.29 is 24.5 Å². The Morgan fingerprint density at radius 2 is 1.83 bits per heavy atom. The van der Waals surface area contributed by atoms with Gasteiger partial charge in [0.25, 0.3) is 0 Å². The Bertz CT molecular complexity index is 758. The number of hydrogen-bond acceptors (Lipinski definition) is 4. The molecule has 0 amide bonds. The molecule has 0 aromatic heterocycles. The van der Waals surface area contributed by atoms with Crippen LogP contribution < -0.4 is 0 Å². The SMILES string of the molecule is CC(c1ccccc1)C(O)C=CC1C(CC=CCCCC(=O)O)C2OC1C1OC21. The largest absolute Gasteiger partial charge is 0.481 e. The molecule has 5 heteroatoms. The van der Waals surface area contributed by atoms with Crippen molar-refractivity contribution in [1.82, 2.24) is 0 Å². The molecule has 8 unspecified atom stereocenters. The lowest BCUT2D eigenvalue weighted by molar-refractivity contribution is -0.137. The fourth-order valence-electron chi connectivity index (χ4n) is 4.77. The predicted molar refractivity (Wildman–Crippen MR) is 110 cm³/mol. The number of fused-ring (bicyclic) bond motifs is 5. The molecule has 0 radical (unpaired) electrons. The van der Waals surface area contributed by atoms with Gasteiger partial charge in [-0.15, -0.1) is 0 Å². The van der Waals surface area contributed by atoms with Crippen molar-refractivity contribution >= 4 is 5.97 Å². The Kier molecular flexibility index (Phi) is 6.18. The van der Waals surface area contributed by atoms with Crippen molar-refractivity contribution in [2.24, 2.45) is 11.8 Å². The van der Waals surface area contributed by atoms with Gasteiger partial charge in [-0.2, -0.15) is 0 Å². The number of aliphatic hydroxyl groups excluding tert-OH is 1. The van der Waals surface area contributed by atoms with E-state index >= 15 is 0 Å². The Morgan fingerprint density at radius 3 is 2.59 bits per heavy atom. The highest BCUT2D eigenvalue weighted by molar-refractivity contribution is 5.66. The van der Waals surface area contributed by atoms with Gasteiger partial charge in [0.15, 0.2) is 0 Å². The van der Waals surface area contributed by atoms with Crippen LogP contribution in [0.4, 0.5) is 0 Å². The Labute approximate surface area is 172 Å². The van der Waals surface area contributed by atoms with Crippen LogP contribution in [0.15, 0.2) is 54.6 Å². The second-order valence-corrected chi connectivity index (χ2v) is 8.44. The van der Waals surface area contributed by atoms with Crippen LogP contribution in [0.1, 0.15) is 44.1 Å². The van der Waals surface area contributed by atoms with E-state index in [2.05, 4.69) is 18.2 Å². The van der Waals surface area contributed by atoms with E-state index in [1.165, 1.54) is 0 Å². The molecular weight excluding hydrogens is 368 g/mol. The molecule has 1 aromatic rings. The van der Waals surface area contributed by atoms with Crippen LogP contribution >= 0.6 is 0 Å². The third-order valence-corrected chi connectivity index (χ3v) is 6.52. The van der Waals surface area contributed by atoms with Gasteiger partial charge in [-0.25, -0.2) is 0 Å². The van der Waals surface area contributed by atoms with Gasteiger partial charge in [0.2, 0.25) is 0 Å². The van der Waals surface area contributed by atoms with Crippen LogP contribution in [0.2, 0.25) is 0 Å². The molecule has 3 heterocycles. The summed E-state index contributed by atoms with van der Waals surface area (Å²) in [6, 6.07) is 10.1. The lowest BCUT2D eigenvalue weighted by Gasteiger charge is -2.23. The van der Waals surface area contributed by atoms with Crippen molar-refractivity contribution in [2.45, 2.75) is 69.0 Å². The fraction of sp³-hybridized carbons (Fsp3) is 0.542. The standard InChI is InChI=1S/C24H30O5/c1-15(16-9-5-4-6-10-16)19(25)14-13-18-17(11-7-2-3-8-12-20(26)27)21-23-24(29-23)22(18)28-21/h2,4-7,9-10,13-15,17-19,21-25H,3,8,11-12H2,1H3,(H,26,27). The molecule has 29 heavy (non-hydrogen) atoms. The topological polar surface area (TPSA) is 79.3 Å². The number of carbonyl (C=O) groups is 1. The maximum atomic E-state index is 10.7. The van der Waals surface area contributed by atoms with Crippen molar-refractivity contribution in [3.05, 3.63) is 60.2 Å². The van der Waals surface area contributed by atoms with E-state index in [0.717, 1.165) is 18.4 Å². The van der Waals surface area contributed by atoms with E-state index < -0.39 is 12.1 Å². The number of aliphatic carboxylic acids is 1. The Morgan fingerprint density at radius 1 is 1.10 bits per heavy atom. The molecule has 2 bridgehead atoms. The third-order valence-electron chi connectivity index (χ3n) is 6.52. The van der Waals surface area contributed by atoms with Crippen molar-refractivity contribution in [2.75, 3.05) is 0 Å². The minimum Gasteiger partial charge on any atom is -0.481 e. The summed E-state index contributed by atoms with van der Waals surface area (Å²) in [6.07, 6.45) is 11.0. The number of benzene rings is 1. The zero-order valence-electron chi connectivity index (χ0n) is 16.8. The molecule has 4 rings (SSSR count). The molecule has 3 saturated heterocycles. The Hall–Kier alpha value is -1.95.